The minimum Gasteiger partial charge on any atom is -0.456 e. The largest absolute Gasteiger partial charge is 0.456 e. The molecule has 11 aromatic carbocycles. The van der Waals surface area contributed by atoms with Crippen molar-refractivity contribution in [2.24, 2.45) is 0 Å². The summed E-state index contributed by atoms with van der Waals surface area (Å²) in [6.07, 6.45) is 0. The van der Waals surface area contributed by atoms with Gasteiger partial charge in [-0.3, -0.25) is 0 Å². The number of nitrogens with zero attached hydrogens (tertiary/aromatic N) is 3. The summed E-state index contributed by atoms with van der Waals surface area (Å²) in [4.78, 5) is 15.4. The molecule has 0 bridgehead atoms. The average molecular weight is 950 g/mol. The van der Waals surface area contributed by atoms with Gasteiger partial charge in [0.05, 0.1) is 13.6 Å². The molecule has 4 nitrogen and oxygen atoms in total. The zero-order valence-corrected chi connectivity index (χ0v) is 39.8. The van der Waals surface area contributed by atoms with Crippen LogP contribution in [0.2, 0.25) is 0 Å². The Morgan fingerprint density at radius 2 is 0.757 bits per heavy atom. The van der Waals surface area contributed by atoms with Crippen molar-refractivity contribution in [2.45, 2.75) is 5.41 Å². The van der Waals surface area contributed by atoms with Gasteiger partial charge in [-0.2, -0.15) is 0 Å². The number of aromatic nitrogens is 3. The lowest BCUT2D eigenvalue weighted by Gasteiger charge is -2.34. The third-order valence-electron chi connectivity index (χ3n) is 14.2. The van der Waals surface area contributed by atoms with E-state index in [4.69, 9.17) is 19.4 Å². The molecule has 0 aliphatic heterocycles. The van der Waals surface area contributed by atoms with Crippen molar-refractivity contribution in [1.82, 2.24) is 15.0 Å². The molecule has 0 unspecified atom stereocenters. The summed E-state index contributed by atoms with van der Waals surface area (Å²) in [5.74, 6) is 0.557. The average Bonchev–Trinajstić information content (AvgIpc) is 3.33. The van der Waals surface area contributed by atoms with Gasteiger partial charge in [-0.15, -0.1) is 0 Å². The summed E-state index contributed by atoms with van der Waals surface area (Å²) in [6.45, 7) is 0. The lowest BCUT2D eigenvalue weighted by molar-refractivity contribution is 0.669. The maximum atomic E-state index is 9.95. The normalized spacial score (nSPS) is 13.6. The second-order valence-electron chi connectivity index (χ2n) is 18.6. The molecule has 13 aromatic rings. The molecule has 0 saturated heterocycles. The molecule has 0 radical (unpaired) electrons. The zero-order chi connectivity index (χ0) is 54.2. The molecular weight excluding hydrogens is 899 g/mol. The quantitative estimate of drug-likeness (QED) is 0.145. The summed E-state index contributed by atoms with van der Waals surface area (Å²) < 4.78 is 64.8. The van der Waals surface area contributed by atoms with Crippen LogP contribution in [0.25, 0.3) is 112 Å². The fraction of sp³-hybridized carbons (Fsp3) is 0.0143. The van der Waals surface area contributed by atoms with Crippen LogP contribution in [-0.4, -0.2) is 15.0 Å². The molecule has 2 aromatic heterocycles. The first-order chi connectivity index (χ1) is 39.2. The van der Waals surface area contributed by atoms with E-state index >= 15 is 0 Å². The van der Waals surface area contributed by atoms with Crippen LogP contribution in [0.4, 0.5) is 0 Å². The van der Waals surface area contributed by atoms with Crippen molar-refractivity contribution in [3.05, 3.63) is 295 Å². The lowest BCUT2D eigenvalue weighted by atomic mass is 9.67. The van der Waals surface area contributed by atoms with E-state index in [1.807, 2.05) is 146 Å². The third kappa shape index (κ3) is 7.34. The van der Waals surface area contributed by atoms with E-state index in [-0.39, 0.29) is 86.8 Å². The Kier molecular flexibility index (Phi) is 8.93. The molecule has 0 atom stereocenters. The summed E-state index contributed by atoms with van der Waals surface area (Å²) >= 11 is 0. The predicted molar refractivity (Wildman–Crippen MR) is 302 cm³/mol. The van der Waals surface area contributed by atoms with Crippen LogP contribution in [0.15, 0.2) is 277 Å². The van der Waals surface area contributed by atoms with E-state index in [0.717, 1.165) is 66.8 Å². The molecule has 0 spiro atoms. The summed E-state index contributed by atoms with van der Waals surface area (Å²) in [7, 11) is 0. The summed E-state index contributed by atoms with van der Waals surface area (Å²) in [5, 5.41) is 0.109. The van der Waals surface area contributed by atoms with Crippen molar-refractivity contribution in [3.8, 4) is 89.8 Å². The van der Waals surface area contributed by atoms with Crippen LogP contribution in [0.1, 0.15) is 30.5 Å². The van der Waals surface area contributed by atoms with Gasteiger partial charge in [0.2, 0.25) is 0 Å². The van der Waals surface area contributed by atoms with E-state index in [2.05, 4.69) is 91.0 Å². The van der Waals surface area contributed by atoms with Crippen molar-refractivity contribution < 1.29 is 12.6 Å². The molecule has 0 saturated carbocycles. The zero-order valence-electron chi connectivity index (χ0n) is 45.8. The van der Waals surface area contributed by atoms with Crippen LogP contribution in [0.5, 0.6) is 0 Å². The molecule has 1 aliphatic rings. The van der Waals surface area contributed by atoms with Crippen molar-refractivity contribution in [1.29, 1.82) is 0 Å². The van der Waals surface area contributed by atoms with Crippen LogP contribution in [-0.2, 0) is 5.41 Å². The van der Waals surface area contributed by atoms with Gasteiger partial charge >= 0.3 is 0 Å². The van der Waals surface area contributed by atoms with Gasteiger partial charge in [0.25, 0.3) is 0 Å². The third-order valence-corrected chi connectivity index (χ3v) is 14.2. The van der Waals surface area contributed by atoms with E-state index in [0.29, 0.717) is 16.7 Å². The first kappa shape index (κ1) is 37.1. The Morgan fingerprint density at radius 1 is 0.297 bits per heavy atom. The first-order valence-electron chi connectivity index (χ1n) is 27.7. The number of fused-ring (bicyclic) bond motifs is 6. The predicted octanol–water partition coefficient (Wildman–Crippen LogP) is 17.8. The number of hydrogen-bond acceptors (Lipinski definition) is 4. The fourth-order valence-corrected chi connectivity index (χ4v) is 10.8. The Balaban J connectivity index is 0.990. The van der Waals surface area contributed by atoms with Crippen LogP contribution >= 0.6 is 0 Å². The van der Waals surface area contributed by atoms with Gasteiger partial charge < -0.3 is 4.42 Å². The lowest BCUT2D eigenvalue weighted by Crippen LogP contribution is -2.28. The highest BCUT2D eigenvalue weighted by atomic mass is 16.3. The fourth-order valence-electron chi connectivity index (χ4n) is 10.8. The molecule has 1 aliphatic carbocycles. The van der Waals surface area contributed by atoms with Crippen molar-refractivity contribution >= 4 is 21.9 Å². The van der Waals surface area contributed by atoms with Crippen LogP contribution in [0.3, 0.4) is 0 Å². The second kappa shape index (κ2) is 17.8. The highest BCUT2D eigenvalue weighted by molar-refractivity contribution is 6.07. The van der Waals surface area contributed by atoms with Crippen LogP contribution < -0.4 is 0 Å². The molecule has 2 heterocycles. The van der Waals surface area contributed by atoms with Crippen molar-refractivity contribution in [2.75, 3.05) is 0 Å². The SMILES string of the molecule is [2H]c1c(-c2cc(-c3ccccc3)cc(-c3ccccc3)c2)c([2H])c2c(oc3c([2H])c(-c4nc(-c5cccc(-c6ccccc6)c5)nc(-c5ccc6c(c5)C(c5ccccc5)(c5ccccc5)c5ccccc5-6)n4)c([2H])c([2H])c32)c1[2H]. The minimum atomic E-state index is -0.719. The van der Waals surface area contributed by atoms with E-state index < -0.39 is 5.41 Å². The topological polar surface area (TPSA) is 51.8 Å². The summed E-state index contributed by atoms with van der Waals surface area (Å²) in [6, 6.07) is 77.8. The molecule has 346 valence electrons. The smallest absolute Gasteiger partial charge is 0.164 e. The maximum Gasteiger partial charge on any atom is 0.164 e. The van der Waals surface area contributed by atoms with E-state index in [1.54, 1.807) is 0 Å². The van der Waals surface area contributed by atoms with Gasteiger partial charge in [0.15, 0.2) is 17.5 Å². The highest BCUT2D eigenvalue weighted by Crippen LogP contribution is 2.56. The van der Waals surface area contributed by atoms with Gasteiger partial charge in [0, 0.05) is 27.5 Å². The Bertz CT molecular complexity index is 4500. The van der Waals surface area contributed by atoms with E-state index in [9.17, 15) is 8.22 Å². The monoisotopic (exact) mass is 949 g/mol. The number of rotatable bonds is 9. The highest BCUT2D eigenvalue weighted by Gasteiger charge is 2.46. The second-order valence-corrected chi connectivity index (χ2v) is 18.6. The molecule has 0 amide bonds. The van der Waals surface area contributed by atoms with Gasteiger partial charge in [-0.25, -0.2) is 15.0 Å². The number of hydrogen-bond donors (Lipinski definition) is 0. The Labute approximate surface area is 438 Å². The van der Waals surface area contributed by atoms with Gasteiger partial charge in [-0.05, 0) is 132 Å². The van der Waals surface area contributed by atoms with Gasteiger partial charge in [-0.1, -0.05) is 218 Å². The molecule has 74 heavy (non-hydrogen) atoms. The molecule has 14 rings (SSSR count). The first-order valence-corrected chi connectivity index (χ1v) is 24.7. The van der Waals surface area contributed by atoms with Crippen molar-refractivity contribution in [3.63, 3.8) is 0 Å². The standard InChI is InChI=1S/C70H45N3O/c1-6-19-46(20-7-1)49-25-18-26-51(39-49)67-71-68(52-33-36-60-59-31-16-17-32-63(59)70(64(60)44-52,57-27-12-4-13-28-57)58-29-14-5-15-30-58)73-69(72-67)53-34-37-61-62-43-50(35-38-65(62)74-66(61)45-53)56-41-54(47-21-8-2-9-22-47)40-55(42-56)48-23-10-3-11-24-48/h1-45H/i34D,35D,37D,38D,43D,45D. The van der Waals surface area contributed by atoms with Crippen LogP contribution in [0, 0.1) is 0 Å². The Morgan fingerprint density at radius 3 is 1.38 bits per heavy atom. The molecule has 0 N–H and O–H groups in total. The summed E-state index contributed by atoms with van der Waals surface area (Å²) in [5.41, 5.74) is 13.1. The maximum absolute atomic E-state index is 9.95. The minimum absolute atomic E-state index is 0.0210. The molecule has 0 fully saturated rings. The number of furan rings is 1. The van der Waals surface area contributed by atoms with E-state index in [1.165, 1.54) is 0 Å². The molecular formula is C70H45N3O. The number of benzene rings is 11. The van der Waals surface area contributed by atoms with Gasteiger partial charge in [0.1, 0.15) is 11.2 Å². The Hall–Kier alpha value is -9.77. The molecule has 4 heteroatoms.